The Morgan fingerprint density at radius 1 is 1.06 bits per heavy atom. The summed E-state index contributed by atoms with van der Waals surface area (Å²) in [5, 5.41) is 0. The molecule has 4 aliphatic carbocycles. The van der Waals surface area contributed by atoms with Crippen LogP contribution in [0.5, 0.6) is 0 Å². The molecule has 0 radical (unpaired) electrons. The Labute approximate surface area is 198 Å². The van der Waals surface area contributed by atoms with E-state index >= 15 is 0 Å². The van der Waals surface area contributed by atoms with E-state index in [4.69, 9.17) is 4.74 Å². The van der Waals surface area contributed by atoms with Crippen molar-refractivity contribution in [2.24, 2.45) is 45.8 Å². The highest BCUT2D eigenvalue weighted by molar-refractivity contribution is 5.66. The van der Waals surface area contributed by atoms with E-state index in [9.17, 15) is 4.79 Å². The summed E-state index contributed by atoms with van der Waals surface area (Å²) in [5.74, 6) is 3.88. The molecule has 3 fully saturated rings. The molecular formula is C30H50O2. The maximum absolute atomic E-state index is 11.5. The summed E-state index contributed by atoms with van der Waals surface area (Å²) in [6.45, 7) is 16.8. The van der Waals surface area contributed by atoms with Crippen LogP contribution in [0.4, 0.5) is 0 Å². The van der Waals surface area contributed by atoms with E-state index in [-0.39, 0.29) is 12.1 Å². The topological polar surface area (TPSA) is 26.3 Å². The van der Waals surface area contributed by atoms with Crippen molar-refractivity contribution in [1.82, 2.24) is 0 Å². The highest BCUT2D eigenvalue weighted by Crippen LogP contribution is 2.72. The number of esters is 1. The predicted molar refractivity (Wildman–Crippen MR) is 133 cm³/mol. The lowest BCUT2D eigenvalue weighted by atomic mass is 9.43. The quantitative estimate of drug-likeness (QED) is 0.305. The number of rotatable bonds is 6. The summed E-state index contributed by atoms with van der Waals surface area (Å²) < 4.78 is 5.65. The number of ether oxygens (including phenoxy) is 1. The largest absolute Gasteiger partial charge is 0.463 e. The monoisotopic (exact) mass is 442 g/mol. The first kappa shape index (κ1) is 24.3. The summed E-state index contributed by atoms with van der Waals surface area (Å²) in [5.41, 5.74) is 3.08. The molecule has 0 aromatic carbocycles. The zero-order valence-corrected chi connectivity index (χ0v) is 22.1. The van der Waals surface area contributed by atoms with Crippen LogP contribution in [0.2, 0.25) is 0 Å². The predicted octanol–water partition coefficient (Wildman–Crippen LogP) is 8.35. The van der Waals surface area contributed by atoms with Crippen LogP contribution in [0, 0.1) is 45.8 Å². The van der Waals surface area contributed by atoms with Crippen LogP contribution in [-0.2, 0) is 9.53 Å². The van der Waals surface area contributed by atoms with Gasteiger partial charge in [-0.2, -0.15) is 0 Å². The van der Waals surface area contributed by atoms with E-state index in [1.807, 2.05) is 5.57 Å². The molecule has 0 spiro atoms. The smallest absolute Gasteiger partial charge is 0.302 e. The molecule has 0 amide bonds. The first-order chi connectivity index (χ1) is 15.0. The van der Waals surface area contributed by atoms with Crippen molar-refractivity contribution in [3.8, 4) is 0 Å². The Kier molecular flexibility index (Phi) is 6.67. The molecule has 32 heavy (non-hydrogen) atoms. The summed E-state index contributed by atoms with van der Waals surface area (Å²) in [7, 11) is 0. The van der Waals surface area contributed by atoms with Crippen molar-refractivity contribution >= 4 is 5.97 Å². The lowest BCUT2D eigenvalue weighted by Crippen LogP contribution is -2.53. The zero-order chi connectivity index (χ0) is 23.3. The molecule has 3 saturated carbocycles. The number of hydrogen-bond acceptors (Lipinski definition) is 2. The van der Waals surface area contributed by atoms with Crippen molar-refractivity contribution in [3.05, 3.63) is 11.6 Å². The molecule has 4 rings (SSSR count). The van der Waals surface area contributed by atoms with E-state index in [1.54, 1.807) is 6.92 Å². The number of fused-ring (bicyclic) bond motifs is 5. The third kappa shape index (κ3) is 3.90. The Hall–Kier alpha value is -0.790. The Morgan fingerprint density at radius 3 is 2.50 bits per heavy atom. The van der Waals surface area contributed by atoms with Crippen molar-refractivity contribution in [2.75, 3.05) is 0 Å². The van der Waals surface area contributed by atoms with Crippen LogP contribution >= 0.6 is 0 Å². The molecule has 4 aliphatic rings. The van der Waals surface area contributed by atoms with E-state index in [1.165, 1.54) is 57.8 Å². The highest BCUT2D eigenvalue weighted by Gasteiger charge is 2.63. The maximum Gasteiger partial charge on any atom is 0.302 e. The molecule has 0 heterocycles. The van der Waals surface area contributed by atoms with Crippen LogP contribution in [-0.4, -0.2) is 12.1 Å². The molecule has 0 aromatic rings. The van der Waals surface area contributed by atoms with Gasteiger partial charge in [-0.25, -0.2) is 0 Å². The number of carbonyl (C=O) groups excluding carboxylic acids is 1. The van der Waals surface area contributed by atoms with Crippen molar-refractivity contribution in [3.63, 3.8) is 0 Å². The van der Waals surface area contributed by atoms with E-state index in [2.05, 4.69) is 47.6 Å². The minimum atomic E-state index is -0.105. The Bertz CT molecular complexity index is 737. The van der Waals surface area contributed by atoms with Gasteiger partial charge in [0.1, 0.15) is 6.10 Å². The van der Waals surface area contributed by atoms with Crippen LogP contribution in [0.25, 0.3) is 0 Å². The summed E-state index contributed by atoms with van der Waals surface area (Å²) in [4.78, 5) is 11.5. The first-order valence-corrected chi connectivity index (χ1v) is 13.9. The molecule has 8 unspecified atom stereocenters. The third-order valence-electron chi connectivity index (χ3n) is 11.4. The first-order valence-electron chi connectivity index (χ1n) is 13.9. The fourth-order valence-corrected chi connectivity index (χ4v) is 9.21. The minimum Gasteiger partial charge on any atom is -0.463 e. The van der Waals surface area contributed by atoms with Gasteiger partial charge in [0.25, 0.3) is 0 Å². The SMILES string of the molecule is CC(=O)OC1CCC2(C)C(CC=C3C2CCC2(C)C(C(C)CCCC(C)C)CCC32C)C1. The normalized spacial score (nSPS) is 44.3. The second kappa shape index (κ2) is 8.77. The van der Waals surface area contributed by atoms with Gasteiger partial charge in [-0.15, -0.1) is 0 Å². The van der Waals surface area contributed by atoms with Crippen LogP contribution in [0.15, 0.2) is 11.6 Å². The van der Waals surface area contributed by atoms with Gasteiger partial charge in [0, 0.05) is 6.92 Å². The van der Waals surface area contributed by atoms with Crippen LogP contribution in [0.1, 0.15) is 119 Å². The molecule has 0 bridgehead atoms. The summed E-state index contributed by atoms with van der Waals surface area (Å²) >= 11 is 0. The van der Waals surface area contributed by atoms with Gasteiger partial charge in [-0.05, 0) is 97.2 Å². The molecule has 2 heteroatoms. The minimum absolute atomic E-state index is 0.105. The van der Waals surface area contributed by atoms with Crippen LogP contribution in [0.3, 0.4) is 0 Å². The van der Waals surface area contributed by atoms with E-state index in [0.29, 0.717) is 22.2 Å². The molecule has 182 valence electrons. The summed E-state index contributed by atoms with van der Waals surface area (Å²) in [6.07, 6.45) is 17.2. The number of allylic oxidation sites excluding steroid dienone is 2. The molecule has 0 N–H and O–H groups in total. The fourth-order valence-electron chi connectivity index (χ4n) is 9.21. The highest BCUT2D eigenvalue weighted by atomic mass is 16.5. The molecule has 0 saturated heterocycles. The average Bonchev–Trinajstić information content (AvgIpc) is 2.99. The molecule has 8 atom stereocenters. The summed E-state index contributed by atoms with van der Waals surface area (Å²) in [6, 6.07) is 0. The van der Waals surface area contributed by atoms with Crippen LogP contribution < -0.4 is 0 Å². The van der Waals surface area contributed by atoms with Gasteiger partial charge in [0.15, 0.2) is 0 Å². The number of hydrogen-bond donors (Lipinski definition) is 0. The van der Waals surface area contributed by atoms with Gasteiger partial charge in [-0.1, -0.05) is 72.5 Å². The second-order valence-electron chi connectivity index (χ2n) is 13.4. The van der Waals surface area contributed by atoms with E-state index < -0.39 is 0 Å². The van der Waals surface area contributed by atoms with Crippen molar-refractivity contribution in [2.45, 2.75) is 125 Å². The van der Waals surface area contributed by atoms with Gasteiger partial charge in [0.05, 0.1) is 0 Å². The fraction of sp³-hybridized carbons (Fsp3) is 0.900. The van der Waals surface area contributed by atoms with Gasteiger partial charge in [-0.3, -0.25) is 4.79 Å². The van der Waals surface area contributed by atoms with E-state index in [0.717, 1.165) is 36.5 Å². The molecule has 0 aliphatic heterocycles. The van der Waals surface area contributed by atoms with Gasteiger partial charge < -0.3 is 4.74 Å². The molecular weight excluding hydrogens is 392 g/mol. The van der Waals surface area contributed by atoms with Gasteiger partial charge in [0.2, 0.25) is 0 Å². The molecule has 2 nitrogen and oxygen atoms in total. The van der Waals surface area contributed by atoms with Crippen molar-refractivity contribution in [1.29, 1.82) is 0 Å². The standard InChI is InChI=1S/C30H50O2/c1-20(2)9-8-10-21(3)25-14-17-30(7)27-12-11-23-19-24(32-22(4)31)13-16-28(23,5)26(27)15-18-29(25,30)6/h12,20-21,23-26H,8-11,13-19H2,1-7H3. The average molecular weight is 443 g/mol. The lowest BCUT2D eigenvalue weighted by Gasteiger charge is -2.61. The van der Waals surface area contributed by atoms with Crippen molar-refractivity contribution < 1.29 is 9.53 Å². The third-order valence-corrected chi connectivity index (χ3v) is 11.4. The Balaban J connectivity index is 1.53. The zero-order valence-electron chi connectivity index (χ0n) is 22.1. The number of carbonyl (C=O) groups is 1. The second-order valence-corrected chi connectivity index (χ2v) is 13.4. The lowest BCUT2D eigenvalue weighted by molar-refractivity contribution is -0.152. The molecule has 0 aromatic heterocycles. The van der Waals surface area contributed by atoms with Gasteiger partial charge >= 0.3 is 5.97 Å². The Morgan fingerprint density at radius 2 is 1.81 bits per heavy atom. The maximum atomic E-state index is 11.5.